The Balaban J connectivity index is 1.64. The molecule has 2 amide bonds. The number of hydrogen-bond acceptors (Lipinski definition) is 7. The summed E-state index contributed by atoms with van der Waals surface area (Å²) < 4.78 is 22.2. The smallest absolute Gasteiger partial charge is 0.228 e. The van der Waals surface area contributed by atoms with Gasteiger partial charge in [-0.3, -0.25) is 9.59 Å². The standard InChI is InChI=1S/C29H45N3O6/c1-30-25(33)18-22(26(30)21-12-13-24(36-3)28(38-5)27(21)37-4)29(34)32(16-9-17-35-2)19-20-10-8-15-31-14-7-6-11-23(20)31/h12-13,20,22-23,26H,6-11,14-19H2,1-5H3/t20-,22+,23+,26-/m0/s1. The molecule has 4 rings (SSSR count). The van der Waals surface area contributed by atoms with E-state index >= 15 is 0 Å². The Labute approximate surface area is 227 Å². The summed E-state index contributed by atoms with van der Waals surface area (Å²) in [4.78, 5) is 33.7. The van der Waals surface area contributed by atoms with Gasteiger partial charge in [0, 0.05) is 51.9 Å². The summed E-state index contributed by atoms with van der Waals surface area (Å²) in [6, 6.07) is 3.79. The average Bonchev–Trinajstić information content (AvgIpc) is 3.24. The Morgan fingerprint density at radius 2 is 1.76 bits per heavy atom. The van der Waals surface area contributed by atoms with E-state index < -0.39 is 12.0 Å². The van der Waals surface area contributed by atoms with Crippen LogP contribution in [0, 0.1) is 11.8 Å². The molecule has 1 aromatic carbocycles. The van der Waals surface area contributed by atoms with E-state index in [1.807, 2.05) is 17.0 Å². The number of rotatable bonds is 11. The molecular weight excluding hydrogens is 486 g/mol. The monoisotopic (exact) mass is 531 g/mol. The van der Waals surface area contributed by atoms with Crippen molar-refractivity contribution in [1.82, 2.24) is 14.7 Å². The lowest BCUT2D eigenvalue weighted by Gasteiger charge is -2.46. The molecule has 0 N–H and O–H groups in total. The van der Waals surface area contributed by atoms with Crippen molar-refractivity contribution in [2.45, 2.75) is 57.0 Å². The highest BCUT2D eigenvalue weighted by Gasteiger charge is 2.46. The van der Waals surface area contributed by atoms with Crippen LogP contribution >= 0.6 is 0 Å². The van der Waals surface area contributed by atoms with Crippen LogP contribution in [0.4, 0.5) is 0 Å². The van der Waals surface area contributed by atoms with Gasteiger partial charge in [-0.15, -0.1) is 0 Å². The highest BCUT2D eigenvalue weighted by Crippen LogP contribution is 2.48. The quantitative estimate of drug-likeness (QED) is 0.405. The molecule has 0 bridgehead atoms. The molecule has 9 heteroatoms. The van der Waals surface area contributed by atoms with Crippen molar-refractivity contribution in [2.75, 3.05) is 68.3 Å². The Morgan fingerprint density at radius 1 is 1.00 bits per heavy atom. The summed E-state index contributed by atoms with van der Waals surface area (Å²) in [5.74, 6) is 1.44. The zero-order valence-corrected chi connectivity index (χ0v) is 23.7. The van der Waals surface area contributed by atoms with E-state index in [1.165, 1.54) is 38.8 Å². The Kier molecular flexibility index (Phi) is 9.76. The average molecular weight is 532 g/mol. The molecule has 1 aromatic rings. The van der Waals surface area contributed by atoms with Crippen LogP contribution in [0.15, 0.2) is 12.1 Å². The molecule has 0 spiro atoms. The first-order chi connectivity index (χ1) is 18.4. The summed E-state index contributed by atoms with van der Waals surface area (Å²) >= 11 is 0. The van der Waals surface area contributed by atoms with Gasteiger partial charge in [0.2, 0.25) is 17.6 Å². The number of nitrogens with zero attached hydrogens (tertiary/aromatic N) is 3. The number of benzene rings is 1. The van der Waals surface area contributed by atoms with Gasteiger partial charge in [0.25, 0.3) is 0 Å². The second-order valence-corrected chi connectivity index (χ2v) is 10.8. The number of carbonyl (C=O) groups is 2. The fraction of sp³-hybridized carbons (Fsp3) is 0.724. The topological polar surface area (TPSA) is 80.8 Å². The highest BCUT2D eigenvalue weighted by atomic mass is 16.5. The van der Waals surface area contributed by atoms with Crippen LogP contribution < -0.4 is 14.2 Å². The summed E-state index contributed by atoms with van der Waals surface area (Å²) in [6.45, 7) is 4.29. The number of piperidine rings is 2. The van der Waals surface area contributed by atoms with Crippen LogP contribution in [0.5, 0.6) is 17.2 Å². The normalized spacial score (nSPS) is 25.7. The summed E-state index contributed by atoms with van der Waals surface area (Å²) in [5, 5.41) is 0. The molecule has 3 heterocycles. The van der Waals surface area contributed by atoms with E-state index in [1.54, 1.807) is 40.4 Å². The van der Waals surface area contributed by atoms with Gasteiger partial charge in [-0.1, -0.05) is 6.42 Å². The fourth-order valence-corrected chi connectivity index (χ4v) is 6.87. The molecule has 3 saturated heterocycles. The molecular formula is C29H45N3O6. The Bertz CT molecular complexity index is 970. The van der Waals surface area contributed by atoms with Gasteiger partial charge in [-0.05, 0) is 63.2 Å². The molecule has 0 aromatic heterocycles. The lowest BCUT2D eigenvalue weighted by molar-refractivity contribution is -0.138. The molecule has 3 fully saturated rings. The zero-order chi connectivity index (χ0) is 27.2. The van der Waals surface area contributed by atoms with Crippen molar-refractivity contribution < 1.29 is 28.5 Å². The van der Waals surface area contributed by atoms with Crippen LogP contribution in [0.1, 0.15) is 56.6 Å². The van der Waals surface area contributed by atoms with Gasteiger partial charge >= 0.3 is 0 Å². The second kappa shape index (κ2) is 13.0. The van der Waals surface area contributed by atoms with Gasteiger partial charge in [0.05, 0.1) is 33.3 Å². The first kappa shape index (κ1) is 28.5. The SMILES string of the molecule is COCCCN(C[C@@H]1CCCN2CCCC[C@H]12)C(=O)[C@@H]1CC(=O)N(C)[C@H]1c1ccc(OC)c(OC)c1OC. The number of carbonyl (C=O) groups excluding carboxylic acids is 2. The first-order valence-corrected chi connectivity index (χ1v) is 14.0. The summed E-state index contributed by atoms with van der Waals surface area (Å²) in [6.07, 6.45) is 7.01. The molecule has 0 unspecified atom stereocenters. The van der Waals surface area contributed by atoms with Gasteiger partial charge in [-0.2, -0.15) is 0 Å². The van der Waals surface area contributed by atoms with Gasteiger partial charge < -0.3 is 33.6 Å². The third-order valence-corrected chi connectivity index (χ3v) is 8.73. The lowest BCUT2D eigenvalue weighted by atomic mass is 9.82. The minimum Gasteiger partial charge on any atom is -0.493 e. The summed E-state index contributed by atoms with van der Waals surface area (Å²) in [7, 11) is 8.17. The lowest BCUT2D eigenvalue weighted by Crippen LogP contribution is -2.52. The minimum absolute atomic E-state index is 0.0357. The molecule has 0 saturated carbocycles. The first-order valence-electron chi connectivity index (χ1n) is 14.0. The van der Waals surface area contributed by atoms with E-state index in [2.05, 4.69) is 4.90 Å². The molecule has 9 nitrogen and oxygen atoms in total. The maximum absolute atomic E-state index is 14.3. The van der Waals surface area contributed by atoms with Crippen molar-refractivity contribution in [1.29, 1.82) is 0 Å². The van der Waals surface area contributed by atoms with E-state index in [9.17, 15) is 9.59 Å². The molecule has 3 aliphatic rings. The molecule has 38 heavy (non-hydrogen) atoms. The van der Waals surface area contributed by atoms with Crippen LogP contribution in [-0.4, -0.2) is 101 Å². The van der Waals surface area contributed by atoms with E-state index in [0.717, 1.165) is 24.9 Å². The van der Waals surface area contributed by atoms with E-state index in [-0.39, 0.29) is 18.2 Å². The fourth-order valence-electron chi connectivity index (χ4n) is 6.87. The number of fused-ring (bicyclic) bond motifs is 1. The van der Waals surface area contributed by atoms with Crippen molar-refractivity contribution >= 4 is 11.8 Å². The number of hydrogen-bond donors (Lipinski definition) is 0. The molecule has 212 valence electrons. The van der Waals surface area contributed by atoms with Crippen LogP contribution in [0.3, 0.4) is 0 Å². The second-order valence-electron chi connectivity index (χ2n) is 10.8. The van der Waals surface area contributed by atoms with Crippen molar-refractivity contribution in [2.24, 2.45) is 11.8 Å². The van der Waals surface area contributed by atoms with E-state index in [4.69, 9.17) is 18.9 Å². The highest BCUT2D eigenvalue weighted by molar-refractivity contribution is 5.90. The Morgan fingerprint density at radius 3 is 2.47 bits per heavy atom. The maximum atomic E-state index is 14.3. The Hall–Kier alpha value is -2.52. The minimum atomic E-state index is -0.506. The zero-order valence-electron chi connectivity index (χ0n) is 23.7. The van der Waals surface area contributed by atoms with Gasteiger partial charge in [0.1, 0.15) is 0 Å². The van der Waals surface area contributed by atoms with Crippen molar-refractivity contribution in [3.8, 4) is 17.2 Å². The van der Waals surface area contributed by atoms with Crippen molar-refractivity contribution in [3.63, 3.8) is 0 Å². The maximum Gasteiger partial charge on any atom is 0.228 e. The third-order valence-electron chi connectivity index (χ3n) is 8.73. The van der Waals surface area contributed by atoms with E-state index in [0.29, 0.717) is 42.4 Å². The van der Waals surface area contributed by atoms with Gasteiger partial charge in [-0.25, -0.2) is 0 Å². The van der Waals surface area contributed by atoms with Crippen LogP contribution in [-0.2, 0) is 14.3 Å². The van der Waals surface area contributed by atoms with Gasteiger partial charge in [0.15, 0.2) is 11.5 Å². The predicted octanol–water partition coefficient (Wildman–Crippen LogP) is 3.36. The number of methoxy groups -OCH3 is 4. The molecule has 4 atom stereocenters. The van der Waals surface area contributed by atoms with Crippen LogP contribution in [0.25, 0.3) is 0 Å². The number of ether oxygens (including phenoxy) is 4. The third kappa shape index (κ3) is 5.73. The molecule has 3 aliphatic heterocycles. The molecule has 0 radical (unpaired) electrons. The van der Waals surface area contributed by atoms with Crippen molar-refractivity contribution in [3.05, 3.63) is 17.7 Å². The van der Waals surface area contributed by atoms with Crippen LogP contribution in [0.2, 0.25) is 0 Å². The predicted molar refractivity (Wildman–Crippen MR) is 145 cm³/mol. The molecule has 0 aliphatic carbocycles. The largest absolute Gasteiger partial charge is 0.493 e. The number of likely N-dealkylation sites (tertiary alicyclic amines) is 1. The summed E-state index contributed by atoms with van der Waals surface area (Å²) in [5.41, 5.74) is 0.754. The number of amides is 2.